The van der Waals surface area contributed by atoms with E-state index in [-0.39, 0.29) is 22.5 Å². The fraction of sp³-hybridized carbons (Fsp3) is 0.227. The van der Waals surface area contributed by atoms with Crippen LogP contribution < -0.4 is 29.9 Å². The number of aromatic nitrogens is 4. The Morgan fingerprint density at radius 3 is 1.32 bits per heavy atom. The van der Waals surface area contributed by atoms with Gasteiger partial charge < -0.3 is 20.1 Å². The highest BCUT2D eigenvalue weighted by molar-refractivity contribution is 6.04. The van der Waals surface area contributed by atoms with E-state index in [1.807, 2.05) is 13.8 Å². The summed E-state index contributed by atoms with van der Waals surface area (Å²) in [6, 6.07) is 17.5. The van der Waals surface area contributed by atoms with Crippen molar-refractivity contribution in [2.75, 3.05) is 33.5 Å². The SMILES string of the molecule is Cc1cc2c(cc1C(F)(F)F)N(C(=O)Nc1ccc(Oc3cccnc3C)nc1)CC2.Cc1cc2c(cc1C(F)(F)F)N(C(=O)Nc1ccc(Oc3cccnc3C)nc1)CC2. The van der Waals surface area contributed by atoms with Gasteiger partial charge in [0.2, 0.25) is 11.8 Å². The van der Waals surface area contributed by atoms with Crippen LogP contribution in [-0.2, 0) is 25.2 Å². The predicted molar refractivity (Wildman–Crippen MR) is 219 cm³/mol. The smallest absolute Gasteiger partial charge is 0.416 e. The van der Waals surface area contributed by atoms with Crippen molar-refractivity contribution in [3.63, 3.8) is 0 Å². The van der Waals surface area contributed by atoms with Crippen molar-refractivity contribution in [2.24, 2.45) is 0 Å². The molecule has 2 aromatic carbocycles. The number of rotatable bonds is 6. The van der Waals surface area contributed by atoms with Gasteiger partial charge in [0, 0.05) is 49.0 Å². The van der Waals surface area contributed by atoms with Crippen molar-refractivity contribution < 1.29 is 45.4 Å². The second-order valence-electron chi connectivity index (χ2n) is 14.4. The number of urea groups is 2. The van der Waals surface area contributed by atoms with E-state index in [0.717, 1.165) is 23.3 Å². The Bertz CT molecular complexity index is 2440. The van der Waals surface area contributed by atoms with Gasteiger partial charge in [-0.3, -0.25) is 19.8 Å². The zero-order valence-corrected chi connectivity index (χ0v) is 33.7. The molecule has 0 spiro atoms. The van der Waals surface area contributed by atoms with Crippen LogP contribution in [0.3, 0.4) is 0 Å². The minimum Gasteiger partial charge on any atom is -0.437 e. The summed E-state index contributed by atoms with van der Waals surface area (Å²) in [5, 5.41) is 5.35. The molecule has 62 heavy (non-hydrogen) atoms. The van der Waals surface area contributed by atoms with Crippen LogP contribution in [0.25, 0.3) is 0 Å². The molecule has 6 aromatic rings. The summed E-state index contributed by atoms with van der Waals surface area (Å²) < 4.78 is 90.9. The number of hydrogen-bond donors (Lipinski definition) is 2. The van der Waals surface area contributed by atoms with Crippen molar-refractivity contribution in [1.29, 1.82) is 0 Å². The van der Waals surface area contributed by atoms with Gasteiger partial charge in [0.1, 0.15) is 0 Å². The van der Waals surface area contributed by atoms with E-state index in [1.165, 1.54) is 48.2 Å². The maximum absolute atomic E-state index is 13.3. The Balaban J connectivity index is 0.000000186. The van der Waals surface area contributed by atoms with E-state index in [4.69, 9.17) is 9.47 Å². The van der Waals surface area contributed by atoms with Gasteiger partial charge in [0.05, 0.1) is 46.3 Å². The molecule has 0 bridgehead atoms. The third-order valence-electron chi connectivity index (χ3n) is 10.1. The number of ether oxygens (including phenoxy) is 2. The van der Waals surface area contributed by atoms with E-state index in [2.05, 4.69) is 30.6 Å². The van der Waals surface area contributed by atoms with Gasteiger partial charge in [-0.2, -0.15) is 26.3 Å². The second-order valence-corrected chi connectivity index (χ2v) is 14.4. The normalized spacial score (nSPS) is 13.1. The Kier molecular flexibility index (Phi) is 12.0. The molecule has 0 radical (unpaired) electrons. The van der Waals surface area contributed by atoms with Crippen LogP contribution in [0, 0.1) is 27.7 Å². The summed E-state index contributed by atoms with van der Waals surface area (Å²) in [7, 11) is 0. The first-order chi connectivity index (χ1) is 29.4. The number of benzene rings is 2. The van der Waals surface area contributed by atoms with Crippen molar-refractivity contribution in [3.05, 3.63) is 142 Å². The average Bonchev–Trinajstić information content (AvgIpc) is 3.84. The van der Waals surface area contributed by atoms with E-state index >= 15 is 0 Å². The average molecular weight is 857 g/mol. The van der Waals surface area contributed by atoms with Crippen LogP contribution in [0.15, 0.2) is 97.6 Å². The molecule has 0 saturated carbocycles. The standard InChI is InChI=1S/2C22H19F3N4O2/c2*1-13-10-15-7-9-29(18(15)11-17(13)22(23,24)25)21(30)28-16-5-6-20(27-12-16)31-19-4-3-8-26-14(19)2/h2*3-6,8,10-12H,7,9H2,1-2H3,(H,28,30). The molecule has 2 aliphatic heterocycles. The number of hydrogen-bond acceptors (Lipinski definition) is 8. The van der Waals surface area contributed by atoms with Crippen molar-refractivity contribution in [2.45, 2.75) is 52.9 Å². The lowest BCUT2D eigenvalue weighted by Crippen LogP contribution is -2.33. The quantitative estimate of drug-likeness (QED) is 0.158. The van der Waals surface area contributed by atoms with Crippen molar-refractivity contribution in [3.8, 4) is 23.3 Å². The first kappa shape index (κ1) is 42.9. The number of fused-ring (bicyclic) bond motifs is 2. The van der Waals surface area contributed by atoms with E-state index in [1.54, 1.807) is 60.9 Å². The molecule has 18 heteroatoms. The fourth-order valence-corrected chi connectivity index (χ4v) is 6.94. The highest BCUT2D eigenvalue weighted by Crippen LogP contribution is 2.40. The molecule has 2 N–H and O–H groups in total. The zero-order valence-electron chi connectivity index (χ0n) is 33.7. The fourth-order valence-electron chi connectivity index (χ4n) is 6.94. The molecule has 6 heterocycles. The van der Waals surface area contributed by atoms with Gasteiger partial charge in [-0.15, -0.1) is 0 Å². The molecule has 0 saturated heterocycles. The summed E-state index contributed by atoms with van der Waals surface area (Å²) in [5.74, 6) is 1.78. The molecular formula is C44H38F6N8O4. The molecule has 8 rings (SSSR count). The van der Waals surface area contributed by atoms with Crippen molar-refractivity contribution >= 4 is 34.8 Å². The van der Waals surface area contributed by atoms with Crippen molar-refractivity contribution in [1.82, 2.24) is 19.9 Å². The first-order valence-electron chi connectivity index (χ1n) is 19.1. The Morgan fingerprint density at radius 1 is 0.581 bits per heavy atom. The molecule has 12 nitrogen and oxygen atoms in total. The number of amides is 4. The summed E-state index contributed by atoms with van der Waals surface area (Å²) >= 11 is 0. The molecule has 0 fully saturated rings. The second kappa shape index (κ2) is 17.4. The van der Waals surface area contributed by atoms with Crippen LogP contribution in [0.5, 0.6) is 23.3 Å². The maximum atomic E-state index is 13.3. The molecule has 320 valence electrons. The van der Waals surface area contributed by atoms with Gasteiger partial charge in [-0.05, 0) is 111 Å². The number of anilines is 4. The Labute approximate surface area is 351 Å². The number of aryl methyl sites for hydroxylation is 4. The highest BCUT2D eigenvalue weighted by atomic mass is 19.4. The number of halogens is 6. The maximum Gasteiger partial charge on any atom is 0.416 e. The zero-order chi connectivity index (χ0) is 44.3. The minimum atomic E-state index is -4.48. The number of nitrogens with zero attached hydrogens (tertiary/aromatic N) is 6. The number of alkyl halides is 6. The summed E-state index contributed by atoms with van der Waals surface area (Å²) in [4.78, 5) is 44.6. The molecule has 0 aliphatic carbocycles. The van der Waals surface area contributed by atoms with Crippen LogP contribution >= 0.6 is 0 Å². The number of nitrogens with one attached hydrogen (secondary N) is 2. The summed E-state index contributed by atoms with van der Waals surface area (Å²) in [5.41, 5.74) is 3.03. The molecule has 4 amide bonds. The summed E-state index contributed by atoms with van der Waals surface area (Å²) in [6.45, 7) is 7.07. The lowest BCUT2D eigenvalue weighted by Gasteiger charge is -2.20. The largest absolute Gasteiger partial charge is 0.437 e. The van der Waals surface area contributed by atoms with E-state index < -0.39 is 35.5 Å². The van der Waals surface area contributed by atoms with Crippen LogP contribution in [0.1, 0.15) is 44.8 Å². The molecule has 0 atom stereocenters. The van der Waals surface area contributed by atoms with Gasteiger partial charge in [-0.25, -0.2) is 19.6 Å². The number of carbonyl (C=O) groups excluding carboxylic acids is 2. The topological polar surface area (TPSA) is 135 Å². The van der Waals surface area contributed by atoms with Crippen LogP contribution in [0.2, 0.25) is 0 Å². The third kappa shape index (κ3) is 9.69. The predicted octanol–water partition coefficient (Wildman–Crippen LogP) is 11.0. The lowest BCUT2D eigenvalue weighted by atomic mass is 10.0. The summed E-state index contributed by atoms with van der Waals surface area (Å²) in [6.07, 6.45) is -1.80. The van der Waals surface area contributed by atoms with Gasteiger partial charge >= 0.3 is 24.4 Å². The monoisotopic (exact) mass is 856 g/mol. The third-order valence-corrected chi connectivity index (χ3v) is 10.1. The Morgan fingerprint density at radius 2 is 0.984 bits per heavy atom. The minimum absolute atomic E-state index is 0.150. The highest BCUT2D eigenvalue weighted by Gasteiger charge is 2.37. The van der Waals surface area contributed by atoms with Gasteiger partial charge in [-0.1, -0.05) is 12.1 Å². The number of pyridine rings is 4. The number of carbonyl (C=O) groups is 2. The van der Waals surface area contributed by atoms with E-state index in [9.17, 15) is 35.9 Å². The van der Waals surface area contributed by atoms with Crippen LogP contribution in [-0.4, -0.2) is 45.1 Å². The molecule has 0 unspecified atom stereocenters. The molecular weight excluding hydrogens is 819 g/mol. The van der Waals surface area contributed by atoms with E-state index in [0.29, 0.717) is 72.0 Å². The first-order valence-corrected chi connectivity index (χ1v) is 19.1. The Hall–Kier alpha value is -7.24. The lowest BCUT2D eigenvalue weighted by molar-refractivity contribution is -0.138. The van der Waals surface area contributed by atoms with Gasteiger partial charge in [0.15, 0.2) is 11.5 Å². The molecule has 2 aliphatic rings. The molecule has 4 aromatic heterocycles. The van der Waals surface area contributed by atoms with Crippen LogP contribution in [0.4, 0.5) is 58.7 Å². The van der Waals surface area contributed by atoms with Gasteiger partial charge in [0.25, 0.3) is 0 Å².